The normalized spacial score (nSPS) is 32.9. The van der Waals surface area contributed by atoms with Crippen LogP contribution in [-0.2, 0) is 9.53 Å². The molecule has 0 fully saturated rings. The quantitative estimate of drug-likeness (QED) is 0.264. The monoisotopic (exact) mass is 474 g/mol. The number of aliphatic hydroxyl groups is 2. The van der Waals surface area contributed by atoms with Gasteiger partial charge in [0.1, 0.15) is 6.10 Å². The Bertz CT molecular complexity index is 650. The van der Waals surface area contributed by atoms with Gasteiger partial charge >= 0.3 is 5.97 Å². The fourth-order valence-electron chi connectivity index (χ4n) is 4.58. The molecule has 0 saturated carbocycles. The summed E-state index contributed by atoms with van der Waals surface area (Å²) < 4.78 is 5.90. The van der Waals surface area contributed by atoms with E-state index in [9.17, 15) is 15.0 Å². The second-order valence-corrected chi connectivity index (χ2v) is 10.2. The van der Waals surface area contributed by atoms with E-state index in [1.165, 1.54) is 12.8 Å². The molecule has 0 aromatic heterocycles. The lowest BCUT2D eigenvalue weighted by Crippen LogP contribution is -2.37. The number of hydrogen-bond acceptors (Lipinski definition) is 4. The average Bonchev–Trinajstić information content (AvgIpc) is 2.82. The molecule has 1 aliphatic rings. The molecule has 1 heterocycles. The molecule has 2 N–H and O–H groups in total. The molecule has 0 saturated heterocycles. The lowest BCUT2D eigenvalue weighted by Gasteiger charge is -2.31. The third-order valence-corrected chi connectivity index (χ3v) is 7.05. The van der Waals surface area contributed by atoms with Crippen LogP contribution in [0.5, 0.6) is 0 Å². The molecule has 4 nitrogen and oxygen atoms in total. The molecule has 0 spiro atoms. The first-order valence-electron chi connectivity index (χ1n) is 13.5. The summed E-state index contributed by atoms with van der Waals surface area (Å²) in [5.74, 6) is -0.217. The highest BCUT2D eigenvalue weighted by atomic mass is 16.5. The van der Waals surface area contributed by atoms with Gasteiger partial charge in [-0.3, -0.25) is 4.79 Å². The molecular formula is C30H50O4. The summed E-state index contributed by atoms with van der Waals surface area (Å²) in [5, 5.41) is 21.5. The molecule has 1 rings (SSSR count). The van der Waals surface area contributed by atoms with Crippen molar-refractivity contribution in [3.8, 4) is 0 Å². The van der Waals surface area contributed by atoms with E-state index in [2.05, 4.69) is 25.7 Å². The minimum absolute atomic E-state index is 0.0163. The highest BCUT2D eigenvalue weighted by Crippen LogP contribution is 2.25. The van der Waals surface area contributed by atoms with Crippen molar-refractivity contribution in [2.24, 2.45) is 23.7 Å². The first kappa shape index (κ1) is 30.4. The molecule has 0 aliphatic carbocycles. The van der Waals surface area contributed by atoms with Gasteiger partial charge in [-0.05, 0) is 32.1 Å². The van der Waals surface area contributed by atoms with Gasteiger partial charge in [0, 0.05) is 30.1 Å². The van der Waals surface area contributed by atoms with Crippen molar-refractivity contribution in [1.29, 1.82) is 0 Å². The highest BCUT2D eigenvalue weighted by molar-refractivity contribution is 5.69. The smallest absolute Gasteiger partial charge is 0.306 e. The van der Waals surface area contributed by atoms with Gasteiger partial charge in [-0.2, -0.15) is 0 Å². The van der Waals surface area contributed by atoms with Gasteiger partial charge in [-0.15, -0.1) is 0 Å². The second-order valence-electron chi connectivity index (χ2n) is 10.2. The van der Waals surface area contributed by atoms with Crippen LogP contribution in [0, 0.1) is 23.7 Å². The number of carbonyl (C=O) groups is 1. The summed E-state index contributed by atoms with van der Waals surface area (Å²) in [4.78, 5) is 12.6. The number of cyclic esters (lactones) is 1. The average molecular weight is 475 g/mol. The van der Waals surface area contributed by atoms with Crippen molar-refractivity contribution >= 4 is 5.97 Å². The first-order valence-corrected chi connectivity index (χ1v) is 13.5. The summed E-state index contributed by atoms with van der Waals surface area (Å²) >= 11 is 0. The largest absolute Gasteiger partial charge is 0.461 e. The van der Waals surface area contributed by atoms with Crippen LogP contribution in [0.2, 0.25) is 0 Å². The van der Waals surface area contributed by atoms with E-state index >= 15 is 0 Å². The topological polar surface area (TPSA) is 66.8 Å². The van der Waals surface area contributed by atoms with Crippen LogP contribution in [0.15, 0.2) is 49.1 Å². The Morgan fingerprint density at radius 1 is 0.971 bits per heavy atom. The standard InChI is InChI=1S/C30H50O4/c1-6-7-18-25(4)30-26(5)27(31)21-17-16-20-24(3)29(33)23(2)19-14-12-10-8-9-11-13-15-22-28(32)34-30/h6-7,14,16,18-20,23-27,29-31,33H,1,8-13,15,17,21-22H2,2-5H3/t23-,24-,25?,26+,27+,29-,30+/m0/s1. The number of aliphatic hydroxyl groups excluding tert-OH is 2. The van der Waals surface area contributed by atoms with E-state index < -0.39 is 12.2 Å². The third-order valence-electron chi connectivity index (χ3n) is 7.05. The molecule has 34 heavy (non-hydrogen) atoms. The zero-order valence-corrected chi connectivity index (χ0v) is 22.1. The Balaban J connectivity index is 2.89. The van der Waals surface area contributed by atoms with Gasteiger partial charge in [0.2, 0.25) is 0 Å². The van der Waals surface area contributed by atoms with E-state index in [0.717, 1.165) is 32.1 Å². The zero-order chi connectivity index (χ0) is 25.3. The maximum absolute atomic E-state index is 12.6. The van der Waals surface area contributed by atoms with E-state index in [0.29, 0.717) is 19.3 Å². The van der Waals surface area contributed by atoms with Gasteiger partial charge in [-0.1, -0.05) is 102 Å². The molecular weight excluding hydrogens is 424 g/mol. The molecule has 0 bridgehead atoms. The Morgan fingerprint density at radius 3 is 2.21 bits per heavy atom. The molecule has 1 aliphatic heterocycles. The van der Waals surface area contributed by atoms with Crippen LogP contribution < -0.4 is 0 Å². The van der Waals surface area contributed by atoms with Crippen molar-refractivity contribution in [2.45, 2.75) is 110 Å². The van der Waals surface area contributed by atoms with Crippen molar-refractivity contribution in [3.63, 3.8) is 0 Å². The SMILES string of the molecule is C=CC=CC(C)[C@H]1OC(=O)CCCCCCCCC=C[C@H](C)[C@H](O)[C@@H](C)C=CCC[C@@H](O)[C@H]1C. The van der Waals surface area contributed by atoms with Crippen molar-refractivity contribution in [2.75, 3.05) is 0 Å². The number of hydrogen-bond donors (Lipinski definition) is 2. The van der Waals surface area contributed by atoms with Crippen LogP contribution in [0.4, 0.5) is 0 Å². The van der Waals surface area contributed by atoms with Crippen LogP contribution in [0.3, 0.4) is 0 Å². The van der Waals surface area contributed by atoms with Crippen LogP contribution in [0.25, 0.3) is 0 Å². The minimum Gasteiger partial charge on any atom is -0.461 e. The van der Waals surface area contributed by atoms with Gasteiger partial charge in [0.15, 0.2) is 0 Å². The fourth-order valence-corrected chi connectivity index (χ4v) is 4.58. The molecule has 0 amide bonds. The fraction of sp³-hybridized carbons (Fsp3) is 0.700. The van der Waals surface area contributed by atoms with Crippen molar-refractivity contribution < 1.29 is 19.7 Å². The number of rotatable bonds is 3. The first-order chi connectivity index (χ1) is 16.3. The number of esters is 1. The molecule has 0 aromatic rings. The predicted octanol–water partition coefficient (Wildman–Crippen LogP) is 6.93. The van der Waals surface area contributed by atoms with E-state index in [1.54, 1.807) is 6.08 Å². The van der Waals surface area contributed by atoms with Crippen molar-refractivity contribution in [3.05, 3.63) is 49.1 Å². The van der Waals surface area contributed by atoms with Gasteiger partial charge in [-0.25, -0.2) is 0 Å². The Kier molecular flexibility index (Phi) is 15.8. The lowest BCUT2D eigenvalue weighted by molar-refractivity contribution is -0.156. The molecule has 1 unspecified atom stereocenters. The second kappa shape index (κ2) is 17.7. The minimum atomic E-state index is -0.582. The maximum Gasteiger partial charge on any atom is 0.306 e. The molecule has 4 heteroatoms. The molecule has 194 valence electrons. The summed E-state index contributed by atoms with van der Waals surface area (Å²) in [7, 11) is 0. The van der Waals surface area contributed by atoms with Crippen molar-refractivity contribution in [1.82, 2.24) is 0 Å². The molecule has 7 atom stereocenters. The molecule has 0 radical (unpaired) electrons. The van der Waals surface area contributed by atoms with Crippen LogP contribution in [0.1, 0.15) is 91.9 Å². The molecule has 0 aromatic carbocycles. The van der Waals surface area contributed by atoms with E-state index in [4.69, 9.17) is 4.74 Å². The maximum atomic E-state index is 12.6. The Hall–Kier alpha value is -1.65. The lowest BCUT2D eigenvalue weighted by atomic mass is 9.86. The van der Waals surface area contributed by atoms with Crippen LogP contribution >= 0.6 is 0 Å². The number of carbonyl (C=O) groups excluding carboxylic acids is 1. The van der Waals surface area contributed by atoms with Gasteiger partial charge < -0.3 is 14.9 Å². The zero-order valence-electron chi connectivity index (χ0n) is 22.1. The van der Waals surface area contributed by atoms with E-state index in [1.807, 2.05) is 45.1 Å². The summed E-state index contributed by atoms with van der Waals surface area (Å²) in [6, 6.07) is 0. The summed E-state index contributed by atoms with van der Waals surface area (Å²) in [5.41, 5.74) is 0. The van der Waals surface area contributed by atoms with Gasteiger partial charge in [0.05, 0.1) is 12.2 Å². The third kappa shape index (κ3) is 12.2. The Morgan fingerprint density at radius 2 is 1.56 bits per heavy atom. The number of ether oxygens (including phenoxy) is 1. The summed E-state index contributed by atoms with van der Waals surface area (Å²) in [6.07, 6.45) is 21.9. The highest BCUT2D eigenvalue weighted by Gasteiger charge is 2.30. The predicted molar refractivity (Wildman–Crippen MR) is 142 cm³/mol. The Labute approximate surface area is 208 Å². The van der Waals surface area contributed by atoms with Crippen LogP contribution in [-0.4, -0.2) is 34.5 Å². The summed E-state index contributed by atoms with van der Waals surface area (Å²) in [6.45, 7) is 11.8. The van der Waals surface area contributed by atoms with Gasteiger partial charge in [0.25, 0.3) is 0 Å². The van der Waals surface area contributed by atoms with E-state index in [-0.39, 0.29) is 35.7 Å². The number of allylic oxidation sites excluding steroid dienone is 4.